The maximum absolute atomic E-state index is 4.81. The van der Waals surface area contributed by atoms with Crippen LogP contribution in [0.2, 0.25) is 0 Å². The van der Waals surface area contributed by atoms with Gasteiger partial charge in [-0.1, -0.05) is 18.6 Å². The molecule has 1 fully saturated rings. The lowest BCUT2D eigenvalue weighted by molar-refractivity contribution is 0.218. The van der Waals surface area contributed by atoms with Crippen LogP contribution in [0.15, 0.2) is 24.3 Å². The summed E-state index contributed by atoms with van der Waals surface area (Å²) in [6.45, 7) is 5.59. The number of piperidine rings is 1. The number of para-hydroxylation sites is 2. The zero-order chi connectivity index (χ0) is 14.4. The van der Waals surface area contributed by atoms with Gasteiger partial charge in [0.05, 0.1) is 22.4 Å². The third kappa shape index (κ3) is 1.97. The van der Waals surface area contributed by atoms with Crippen LogP contribution in [-0.2, 0) is 13.6 Å². The van der Waals surface area contributed by atoms with E-state index in [1.165, 1.54) is 49.1 Å². The van der Waals surface area contributed by atoms with Crippen molar-refractivity contribution in [1.29, 1.82) is 0 Å². The average molecular weight is 282 g/mol. The molecule has 0 saturated carbocycles. The van der Waals surface area contributed by atoms with Gasteiger partial charge in [0.1, 0.15) is 0 Å². The summed E-state index contributed by atoms with van der Waals surface area (Å²) in [5.74, 6) is 1.06. The summed E-state index contributed by atoms with van der Waals surface area (Å²) in [7, 11) is 2.11. The van der Waals surface area contributed by atoms with Gasteiger partial charge in [0.15, 0.2) is 0 Å². The monoisotopic (exact) mass is 282 g/mol. The van der Waals surface area contributed by atoms with Crippen molar-refractivity contribution in [1.82, 2.24) is 18.9 Å². The molecule has 0 radical (unpaired) electrons. The number of hydrogen-bond donors (Lipinski definition) is 0. The van der Waals surface area contributed by atoms with Gasteiger partial charge in [0.25, 0.3) is 0 Å². The Labute approximate surface area is 125 Å². The maximum atomic E-state index is 4.81. The second-order valence-electron chi connectivity index (χ2n) is 6.16. The molecule has 110 valence electrons. The predicted molar refractivity (Wildman–Crippen MR) is 85.5 cm³/mol. The Morgan fingerprint density at radius 3 is 2.52 bits per heavy atom. The van der Waals surface area contributed by atoms with Crippen molar-refractivity contribution in [2.75, 3.05) is 13.1 Å². The number of imidazole rings is 2. The normalized spacial score (nSPS) is 17.0. The Bertz CT molecular complexity index is 790. The van der Waals surface area contributed by atoms with Crippen LogP contribution in [0.5, 0.6) is 0 Å². The van der Waals surface area contributed by atoms with E-state index in [1.54, 1.807) is 0 Å². The minimum atomic E-state index is 1.01. The molecule has 0 atom stereocenters. The summed E-state index contributed by atoms with van der Waals surface area (Å²) >= 11 is 0. The van der Waals surface area contributed by atoms with E-state index in [9.17, 15) is 0 Å². The molecule has 4 heteroatoms. The summed E-state index contributed by atoms with van der Waals surface area (Å²) in [4.78, 5) is 7.39. The highest BCUT2D eigenvalue weighted by Crippen LogP contribution is 2.24. The first kappa shape index (κ1) is 12.9. The van der Waals surface area contributed by atoms with Gasteiger partial charge in [-0.05, 0) is 45.0 Å². The van der Waals surface area contributed by atoms with Gasteiger partial charge < -0.3 is 4.57 Å². The molecule has 0 N–H and O–H groups in total. The molecule has 0 spiro atoms. The summed E-state index contributed by atoms with van der Waals surface area (Å²) in [6, 6.07) is 8.58. The summed E-state index contributed by atoms with van der Waals surface area (Å²) in [6.07, 6.45) is 4.04. The minimum absolute atomic E-state index is 1.01. The number of fused-ring (bicyclic) bond motifs is 3. The summed E-state index contributed by atoms with van der Waals surface area (Å²) < 4.78 is 4.54. The Balaban J connectivity index is 1.87. The predicted octanol–water partition coefficient (Wildman–Crippen LogP) is 3.12. The fourth-order valence-corrected chi connectivity index (χ4v) is 3.58. The molecular weight excluding hydrogens is 260 g/mol. The smallest absolute Gasteiger partial charge is 0.215 e. The first-order valence-electron chi connectivity index (χ1n) is 7.89. The van der Waals surface area contributed by atoms with Crippen LogP contribution >= 0.6 is 0 Å². The van der Waals surface area contributed by atoms with Crippen LogP contribution in [0, 0.1) is 6.92 Å². The first-order chi connectivity index (χ1) is 10.3. The van der Waals surface area contributed by atoms with Crippen LogP contribution < -0.4 is 0 Å². The summed E-state index contributed by atoms with van der Waals surface area (Å²) in [5, 5.41) is 0. The molecule has 0 amide bonds. The molecule has 1 aromatic carbocycles. The zero-order valence-electron chi connectivity index (χ0n) is 12.8. The van der Waals surface area contributed by atoms with Crippen LogP contribution in [0.3, 0.4) is 0 Å². The average Bonchev–Trinajstić information content (AvgIpc) is 2.98. The number of aromatic nitrogens is 3. The van der Waals surface area contributed by atoms with Gasteiger partial charge in [0, 0.05) is 13.6 Å². The molecule has 3 aromatic rings. The highest BCUT2D eigenvalue weighted by molar-refractivity contribution is 5.81. The molecular formula is C17H22N4. The number of rotatable bonds is 2. The Morgan fingerprint density at radius 2 is 1.76 bits per heavy atom. The Morgan fingerprint density at radius 1 is 1.05 bits per heavy atom. The van der Waals surface area contributed by atoms with Crippen LogP contribution in [0.25, 0.3) is 16.8 Å². The standard InChI is InChI=1S/C17H22N4/c1-13-16(12-20-10-6-3-7-11-20)21-15-9-5-4-8-14(15)19(2)17(21)18-13/h4-5,8-9H,3,6-7,10-12H2,1-2H3. The maximum Gasteiger partial charge on any atom is 0.215 e. The van der Waals surface area contributed by atoms with Crippen molar-refractivity contribution in [2.24, 2.45) is 7.05 Å². The molecule has 3 heterocycles. The zero-order valence-corrected chi connectivity index (χ0v) is 12.8. The largest absolute Gasteiger partial charge is 0.313 e. The molecule has 4 rings (SSSR count). The van der Waals surface area contributed by atoms with E-state index >= 15 is 0 Å². The fourth-order valence-electron chi connectivity index (χ4n) is 3.58. The number of likely N-dealkylation sites (tertiary alicyclic amines) is 1. The quantitative estimate of drug-likeness (QED) is 0.721. The van der Waals surface area contributed by atoms with E-state index in [4.69, 9.17) is 4.98 Å². The Hall–Kier alpha value is -1.81. The second kappa shape index (κ2) is 4.88. The molecule has 1 saturated heterocycles. The molecule has 2 aromatic heterocycles. The van der Waals surface area contributed by atoms with E-state index in [2.05, 4.69) is 52.1 Å². The molecule has 1 aliphatic rings. The molecule has 1 aliphatic heterocycles. The van der Waals surface area contributed by atoms with Crippen LogP contribution in [0.4, 0.5) is 0 Å². The first-order valence-corrected chi connectivity index (χ1v) is 7.89. The lowest BCUT2D eigenvalue weighted by atomic mass is 10.1. The number of hydrogen-bond acceptors (Lipinski definition) is 2. The topological polar surface area (TPSA) is 25.5 Å². The van der Waals surface area contributed by atoms with Gasteiger partial charge in [-0.15, -0.1) is 0 Å². The van der Waals surface area contributed by atoms with Crippen LogP contribution in [0.1, 0.15) is 30.7 Å². The van der Waals surface area contributed by atoms with Gasteiger partial charge >= 0.3 is 0 Å². The molecule has 0 aliphatic carbocycles. The van der Waals surface area contributed by atoms with E-state index in [0.29, 0.717) is 0 Å². The van der Waals surface area contributed by atoms with Gasteiger partial charge in [0.2, 0.25) is 5.78 Å². The van der Waals surface area contributed by atoms with Crippen molar-refractivity contribution >= 4 is 16.8 Å². The molecule has 21 heavy (non-hydrogen) atoms. The lowest BCUT2D eigenvalue weighted by Crippen LogP contribution is -2.29. The van der Waals surface area contributed by atoms with Crippen LogP contribution in [-0.4, -0.2) is 31.9 Å². The van der Waals surface area contributed by atoms with E-state index in [0.717, 1.165) is 18.0 Å². The molecule has 0 bridgehead atoms. The minimum Gasteiger partial charge on any atom is -0.313 e. The van der Waals surface area contributed by atoms with E-state index in [-0.39, 0.29) is 0 Å². The number of benzene rings is 1. The molecule has 4 nitrogen and oxygen atoms in total. The van der Waals surface area contributed by atoms with Crippen molar-refractivity contribution in [3.63, 3.8) is 0 Å². The van der Waals surface area contributed by atoms with Crippen molar-refractivity contribution in [3.8, 4) is 0 Å². The van der Waals surface area contributed by atoms with Crippen molar-refractivity contribution in [2.45, 2.75) is 32.7 Å². The second-order valence-corrected chi connectivity index (χ2v) is 6.16. The van der Waals surface area contributed by atoms with Gasteiger partial charge in [-0.3, -0.25) is 9.30 Å². The van der Waals surface area contributed by atoms with Crippen molar-refractivity contribution < 1.29 is 0 Å². The SMILES string of the molecule is Cc1nc2n(C)c3ccccc3n2c1CN1CCCCC1. The molecule has 0 unspecified atom stereocenters. The highest BCUT2D eigenvalue weighted by Gasteiger charge is 2.19. The number of aryl methyl sites for hydroxylation is 2. The third-order valence-corrected chi connectivity index (χ3v) is 4.76. The summed E-state index contributed by atoms with van der Waals surface area (Å²) in [5.41, 5.74) is 5.03. The van der Waals surface area contributed by atoms with Crippen molar-refractivity contribution in [3.05, 3.63) is 35.7 Å². The highest BCUT2D eigenvalue weighted by atomic mass is 15.2. The van der Waals surface area contributed by atoms with E-state index in [1.807, 2.05) is 0 Å². The number of nitrogens with zero attached hydrogens (tertiary/aromatic N) is 4. The van der Waals surface area contributed by atoms with Gasteiger partial charge in [-0.2, -0.15) is 0 Å². The van der Waals surface area contributed by atoms with E-state index < -0.39 is 0 Å². The third-order valence-electron chi connectivity index (χ3n) is 4.76. The fraction of sp³-hybridized carbons (Fsp3) is 0.471. The Kier molecular flexibility index (Phi) is 3.00. The lowest BCUT2D eigenvalue weighted by Gasteiger charge is -2.26. The van der Waals surface area contributed by atoms with Gasteiger partial charge in [-0.25, -0.2) is 4.98 Å².